The molecule has 3 N–H and O–H groups in total. The molecule has 0 aliphatic carbocycles. The number of carboxylic acids is 1. The van der Waals surface area contributed by atoms with Gasteiger partial charge < -0.3 is 15.2 Å². The maximum Gasteiger partial charge on any atom is 0.321 e. The van der Waals surface area contributed by atoms with Gasteiger partial charge in [0.25, 0.3) is 0 Å². The third kappa shape index (κ3) is 12.8. The van der Waals surface area contributed by atoms with E-state index in [-0.39, 0.29) is 19.3 Å². The van der Waals surface area contributed by atoms with Gasteiger partial charge in [0.2, 0.25) is 5.91 Å². The summed E-state index contributed by atoms with van der Waals surface area (Å²) in [6.45, 7) is 5.79. The summed E-state index contributed by atoms with van der Waals surface area (Å²) < 4.78 is 5.34. The molecule has 7 nitrogen and oxygen atoms in total. The monoisotopic (exact) mass is 288 g/mol. The van der Waals surface area contributed by atoms with E-state index in [0.29, 0.717) is 32.1 Å². The summed E-state index contributed by atoms with van der Waals surface area (Å²) in [5.41, 5.74) is 0. The van der Waals surface area contributed by atoms with Crippen molar-refractivity contribution in [3.63, 3.8) is 0 Å². The second kappa shape index (κ2) is 11.2. The molecule has 0 saturated carbocycles. The van der Waals surface area contributed by atoms with E-state index in [9.17, 15) is 14.4 Å². The third-order valence-corrected chi connectivity index (χ3v) is 2.25. The van der Waals surface area contributed by atoms with Crippen LogP contribution in [0.25, 0.3) is 0 Å². The molecule has 0 heterocycles. The molecular formula is C13H24N2O5. The number of hydrogen-bond acceptors (Lipinski definition) is 4. The average Bonchev–Trinajstić information content (AvgIpc) is 2.32. The first kappa shape index (κ1) is 18.4. The average molecular weight is 288 g/mol. The van der Waals surface area contributed by atoms with Crippen LogP contribution in [0, 0.1) is 5.92 Å². The van der Waals surface area contributed by atoms with Crippen LogP contribution in [-0.2, 0) is 14.3 Å². The Bertz CT molecular complexity index is 318. The summed E-state index contributed by atoms with van der Waals surface area (Å²) in [5.74, 6) is -0.946. The second-order valence-electron chi connectivity index (χ2n) is 4.87. The van der Waals surface area contributed by atoms with Crippen molar-refractivity contribution >= 4 is 17.9 Å². The molecule has 0 aromatic rings. The molecule has 0 aliphatic rings. The van der Waals surface area contributed by atoms with Crippen molar-refractivity contribution in [3.05, 3.63) is 0 Å². The molecule has 3 amide bonds. The maximum atomic E-state index is 11.3. The van der Waals surface area contributed by atoms with Crippen LogP contribution < -0.4 is 10.6 Å². The molecule has 0 fully saturated rings. The van der Waals surface area contributed by atoms with Crippen molar-refractivity contribution in [1.29, 1.82) is 0 Å². The standard InChI is InChI=1S/C13H24N2O5/c1-10(2)9-20-8-4-7-14-13(19)15-11(16)5-3-6-12(17)18/h10H,3-9H2,1-2H3,(H,17,18)(H2,14,15,16,19). The molecule has 0 radical (unpaired) electrons. The second-order valence-corrected chi connectivity index (χ2v) is 4.87. The first-order valence-electron chi connectivity index (χ1n) is 6.79. The van der Waals surface area contributed by atoms with Crippen LogP contribution in [0.3, 0.4) is 0 Å². The third-order valence-electron chi connectivity index (χ3n) is 2.25. The molecule has 0 aromatic carbocycles. The highest BCUT2D eigenvalue weighted by Crippen LogP contribution is 1.95. The number of amides is 3. The van der Waals surface area contributed by atoms with Crippen LogP contribution in [0.15, 0.2) is 0 Å². The van der Waals surface area contributed by atoms with Gasteiger partial charge in [-0.25, -0.2) is 4.79 Å². The minimum absolute atomic E-state index is 0.0250. The van der Waals surface area contributed by atoms with Crippen LogP contribution in [-0.4, -0.2) is 42.8 Å². The van der Waals surface area contributed by atoms with Gasteiger partial charge in [0.05, 0.1) is 0 Å². The fourth-order valence-corrected chi connectivity index (χ4v) is 1.33. The molecule has 20 heavy (non-hydrogen) atoms. The van der Waals surface area contributed by atoms with E-state index >= 15 is 0 Å². The Balaban J connectivity index is 3.48. The largest absolute Gasteiger partial charge is 0.481 e. The molecule has 0 aliphatic heterocycles. The van der Waals surface area contributed by atoms with E-state index < -0.39 is 17.9 Å². The van der Waals surface area contributed by atoms with Crippen LogP contribution in [0.2, 0.25) is 0 Å². The van der Waals surface area contributed by atoms with E-state index in [0.717, 1.165) is 0 Å². The van der Waals surface area contributed by atoms with Gasteiger partial charge in [0.1, 0.15) is 0 Å². The summed E-state index contributed by atoms with van der Waals surface area (Å²) in [5, 5.41) is 13.1. The number of imide groups is 1. The van der Waals surface area contributed by atoms with Gasteiger partial charge in [0, 0.05) is 32.6 Å². The lowest BCUT2D eigenvalue weighted by molar-refractivity contribution is -0.137. The predicted molar refractivity (Wildman–Crippen MR) is 73.3 cm³/mol. The first-order chi connectivity index (χ1) is 9.41. The molecule has 0 spiro atoms. The van der Waals surface area contributed by atoms with Gasteiger partial charge in [-0.2, -0.15) is 0 Å². The smallest absolute Gasteiger partial charge is 0.321 e. The summed E-state index contributed by atoms with van der Waals surface area (Å²) in [6.07, 6.45) is 0.838. The number of carbonyl (C=O) groups excluding carboxylic acids is 2. The molecule has 0 saturated heterocycles. The molecule has 7 heteroatoms. The number of hydrogen-bond donors (Lipinski definition) is 3. The number of carboxylic acid groups (broad SMARTS) is 1. The Morgan fingerprint density at radius 1 is 1.15 bits per heavy atom. The summed E-state index contributed by atoms with van der Waals surface area (Å²) in [4.78, 5) is 32.8. The van der Waals surface area contributed by atoms with Gasteiger partial charge >= 0.3 is 12.0 Å². The molecule has 0 rings (SSSR count). The van der Waals surface area contributed by atoms with Crippen LogP contribution >= 0.6 is 0 Å². The van der Waals surface area contributed by atoms with Crippen LogP contribution in [0.4, 0.5) is 4.79 Å². The van der Waals surface area contributed by atoms with Crippen LogP contribution in [0.1, 0.15) is 39.5 Å². The lowest BCUT2D eigenvalue weighted by atomic mass is 10.2. The number of nitrogens with one attached hydrogen (secondary N) is 2. The Labute approximate surface area is 119 Å². The minimum atomic E-state index is -0.955. The fraction of sp³-hybridized carbons (Fsp3) is 0.769. The van der Waals surface area contributed by atoms with Crippen molar-refractivity contribution in [1.82, 2.24) is 10.6 Å². The number of ether oxygens (including phenoxy) is 1. The van der Waals surface area contributed by atoms with E-state index in [4.69, 9.17) is 9.84 Å². The Morgan fingerprint density at radius 3 is 2.45 bits per heavy atom. The van der Waals surface area contributed by atoms with Crippen molar-refractivity contribution in [2.45, 2.75) is 39.5 Å². The zero-order valence-electron chi connectivity index (χ0n) is 12.1. The predicted octanol–water partition coefficient (Wildman–Crippen LogP) is 1.13. The zero-order chi connectivity index (χ0) is 15.4. The first-order valence-corrected chi connectivity index (χ1v) is 6.79. The lowest BCUT2D eigenvalue weighted by Gasteiger charge is -2.08. The van der Waals surface area contributed by atoms with E-state index in [1.165, 1.54) is 0 Å². The van der Waals surface area contributed by atoms with Crippen molar-refractivity contribution in [2.75, 3.05) is 19.8 Å². The SMILES string of the molecule is CC(C)COCCCNC(=O)NC(=O)CCCC(=O)O. The molecule has 116 valence electrons. The molecule has 0 bridgehead atoms. The summed E-state index contributed by atoms with van der Waals surface area (Å²) in [6, 6.07) is -0.561. The van der Waals surface area contributed by atoms with E-state index in [2.05, 4.69) is 24.5 Å². The number of aliphatic carboxylic acids is 1. The maximum absolute atomic E-state index is 11.3. The lowest BCUT2D eigenvalue weighted by Crippen LogP contribution is -2.40. The highest BCUT2D eigenvalue weighted by molar-refractivity contribution is 5.94. The topological polar surface area (TPSA) is 105 Å². The van der Waals surface area contributed by atoms with Crippen LogP contribution in [0.5, 0.6) is 0 Å². The number of rotatable bonds is 10. The van der Waals surface area contributed by atoms with E-state index in [1.807, 2.05) is 0 Å². The number of urea groups is 1. The van der Waals surface area contributed by atoms with Gasteiger partial charge in [-0.05, 0) is 18.8 Å². The Hall–Kier alpha value is -1.63. The molecule has 0 atom stereocenters. The quantitative estimate of drug-likeness (QED) is 0.523. The fourth-order valence-electron chi connectivity index (χ4n) is 1.33. The highest BCUT2D eigenvalue weighted by atomic mass is 16.5. The Kier molecular flexibility index (Phi) is 10.3. The van der Waals surface area contributed by atoms with E-state index in [1.54, 1.807) is 0 Å². The molecule has 0 aromatic heterocycles. The van der Waals surface area contributed by atoms with Crippen molar-refractivity contribution < 1.29 is 24.2 Å². The highest BCUT2D eigenvalue weighted by Gasteiger charge is 2.07. The zero-order valence-corrected chi connectivity index (χ0v) is 12.1. The normalized spacial score (nSPS) is 10.3. The van der Waals surface area contributed by atoms with Gasteiger partial charge in [0.15, 0.2) is 0 Å². The van der Waals surface area contributed by atoms with Crippen molar-refractivity contribution in [2.24, 2.45) is 5.92 Å². The molecule has 0 unspecified atom stereocenters. The summed E-state index contributed by atoms with van der Waals surface area (Å²) in [7, 11) is 0. The Morgan fingerprint density at radius 2 is 1.85 bits per heavy atom. The summed E-state index contributed by atoms with van der Waals surface area (Å²) >= 11 is 0. The minimum Gasteiger partial charge on any atom is -0.481 e. The van der Waals surface area contributed by atoms with Gasteiger partial charge in [-0.3, -0.25) is 14.9 Å². The van der Waals surface area contributed by atoms with Crippen molar-refractivity contribution in [3.8, 4) is 0 Å². The van der Waals surface area contributed by atoms with Gasteiger partial charge in [-0.1, -0.05) is 13.8 Å². The van der Waals surface area contributed by atoms with Gasteiger partial charge in [-0.15, -0.1) is 0 Å². The molecular weight excluding hydrogens is 264 g/mol. The number of carbonyl (C=O) groups is 3.